The average Bonchev–Trinajstić information content (AvgIpc) is 2.82. The summed E-state index contributed by atoms with van der Waals surface area (Å²) in [6.07, 6.45) is 1.68. The zero-order valence-corrected chi connectivity index (χ0v) is 20.1. The normalized spacial score (nSPS) is 13.8. The first-order chi connectivity index (χ1) is 15.5. The number of nitrogens with zero attached hydrogens (tertiary/aromatic N) is 4. The second-order valence-corrected chi connectivity index (χ2v) is 8.77. The summed E-state index contributed by atoms with van der Waals surface area (Å²) in [5.41, 5.74) is 4.33. The van der Waals surface area contributed by atoms with Crippen molar-refractivity contribution >= 4 is 33.5 Å². The lowest BCUT2D eigenvalue weighted by Gasteiger charge is -2.36. The van der Waals surface area contributed by atoms with Gasteiger partial charge in [0.2, 0.25) is 0 Å². The van der Waals surface area contributed by atoms with E-state index in [0.717, 1.165) is 53.4 Å². The van der Waals surface area contributed by atoms with Gasteiger partial charge in [-0.05, 0) is 47.0 Å². The first kappa shape index (κ1) is 22.3. The smallest absolute Gasteiger partial charge is 0.321 e. The third-order valence-electron chi connectivity index (χ3n) is 5.72. The predicted octanol–water partition coefficient (Wildman–Crippen LogP) is 5.05. The van der Waals surface area contributed by atoms with Gasteiger partial charge in [-0.15, -0.1) is 0 Å². The molecule has 1 saturated heterocycles. The molecule has 1 fully saturated rings. The van der Waals surface area contributed by atoms with Gasteiger partial charge in [-0.1, -0.05) is 49.4 Å². The molecule has 0 radical (unpaired) electrons. The van der Waals surface area contributed by atoms with E-state index in [4.69, 9.17) is 9.97 Å². The summed E-state index contributed by atoms with van der Waals surface area (Å²) < 4.78 is 0.876. The van der Waals surface area contributed by atoms with E-state index in [1.165, 1.54) is 11.1 Å². The quantitative estimate of drug-likeness (QED) is 0.539. The number of piperazine rings is 1. The zero-order valence-electron chi connectivity index (χ0n) is 18.5. The molecule has 7 heteroatoms. The molecule has 32 heavy (non-hydrogen) atoms. The highest BCUT2D eigenvalue weighted by Gasteiger charge is 2.25. The molecule has 0 unspecified atom stereocenters. The van der Waals surface area contributed by atoms with E-state index in [9.17, 15) is 4.79 Å². The van der Waals surface area contributed by atoms with E-state index in [1.807, 2.05) is 42.2 Å². The topological polar surface area (TPSA) is 61.4 Å². The van der Waals surface area contributed by atoms with Crippen molar-refractivity contribution in [3.05, 3.63) is 81.7 Å². The summed E-state index contributed by atoms with van der Waals surface area (Å²) in [7, 11) is 0. The molecule has 1 aliphatic heterocycles. The number of carbonyl (C=O) groups is 1. The van der Waals surface area contributed by atoms with Crippen LogP contribution >= 0.6 is 15.9 Å². The van der Waals surface area contributed by atoms with Gasteiger partial charge in [0.25, 0.3) is 0 Å². The van der Waals surface area contributed by atoms with Gasteiger partial charge in [0.05, 0.1) is 5.69 Å². The van der Waals surface area contributed by atoms with E-state index < -0.39 is 0 Å². The molecule has 0 bridgehead atoms. The molecule has 2 aromatic carbocycles. The van der Waals surface area contributed by atoms with Crippen molar-refractivity contribution in [2.45, 2.75) is 26.7 Å². The number of carbonyl (C=O) groups excluding carboxylic acids is 1. The summed E-state index contributed by atoms with van der Waals surface area (Å²) in [6, 6.07) is 18.0. The second-order valence-electron chi connectivity index (χ2n) is 7.92. The molecule has 0 saturated carbocycles. The van der Waals surface area contributed by atoms with Crippen molar-refractivity contribution < 1.29 is 4.79 Å². The highest BCUT2D eigenvalue weighted by Crippen LogP contribution is 2.26. The minimum absolute atomic E-state index is 0.0748. The van der Waals surface area contributed by atoms with E-state index in [0.29, 0.717) is 13.1 Å². The number of nitrogens with one attached hydrogen (secondary N) is 1. The number of hydrogen-bond acceptors (Lipinski definition) is 4. The lowest BCUT2D eigenvalue weighted by atomic mass is 10.0. The van der Waals surface area contributed by atoms with Crippen LogP contribution in [0.3, 0.4) is 0 Å². The first-order valence-electron chi connectivity index (χ1n) is 11.0. The summed E-state index contributed by atoms with van der Waals surface area (Å²) in [4.78, 5) is 26.5. The molecule has 0 aliphatic carbocycles. The molecule has 1 N–H and O–H groups in total. The number of aryl methyl sites for hydroxylation is 2. The maximum atomic E-state index is 12.8. The van der Waals surface area contributed by atoms with Crippen LogP contribution in [0.15, 0.2) is 59.1 Å². The van der Waals surface area contributed by atoms with Crippen molar-refractivity contribution in [1.82, 2.24) is 14.9 Å². The van der Waals surface area contributed by atoms with Gasteiger partial charge in [0, 0.05) is 48.3 Å². The van der Waals surface area contributed by atoms with Crippen LogP contribution in [-0.4, -0.2) is 47.1 Å². The molecule has 2 amide bonds. The van der Waals surface area contributed by atoms with Gasteiger partial charge in [0.1, 0.15) is 11.6 Å². The lowest BCUT2D eigenvalue weighted by molar-refractivity contribution is 0.208. The largest absolute Gasteiger partial charge is 0.353 e. The second kappa shape index (κ2) is 10.1. The third kappa shape index (κ3) is 5.10. The summed E-state index contributed by atoms with van der Waals surface area (Å²) in [6.45, 7) is 6.87. The highest BCUT2D eigenvalue weighted by molar-refractivity contribution is 9.10. The van der Waals surface area contributed by atoms with E-state index in [-0.39, 0.29) is 6.03 Å². The van der Waals surface area contributed by atoms with Crippen LogP contribution in [-0.2, 0) is 12.8 Å². The molecule has 3 aromatic rings. The maximum Gasteiger partial charge on any atom is 0.321 e. The minimum Gasteiger partial charge on any atom is -0.353 e. The molecule has 0 atom stereocenters. The van der Waals surface area contributed by atoms with Crippen molar-refractivity contribution in [2.75, 3.05) is 36.4 Å². The van der Waals surface area contributed by atoms with Crippen LogP contribution in [0.5, 0.6) is 0 Å². The molecule has 6 nitrogen and oxygen atoms in total. The average molecular weight is 494 g/mol. The Hall–Kier alpha value is -2.93. The number of urea groups is 1. The Morgan fingerprint density at radius 1 is 1.00 bits per heavy atom. The third-order valence-corrected chi connectivity index (χ3v) is 6.41. The summed E-state index contributed by atoms with van der Waals surface area (Å²) in [5, 5.41) is 3.00. The van der Waals surface area contributed by atoms with Gasteiger partial charge in [0.15, 0.2) is 0 Å². The van der Waals surface area contributed by atoms with Crippen molar-refractivity contribution in [3.8, 4) is 0 Å². The number of anilines is 2. The van der Waals surface area contributed by atoms with Crippen LogP contribution < -0.4 is 10.2 Å². The summed E-state index contributed by atoms with van der Waals surface area (Å²) in [5.74, 6) is 1.80. The number of rotatable bonds is 5. The van der Waals surface area contributed by atoms with E-state index in [2.05, 4.69) is 57.3 Å². The molecule has 1 aliphatic rings. The number of halogens is 1. The number of hydrogen-bond donors (Lipinski definition) is 1. The number of aromatic nitrogens is 2. The summed E-state index contributed by atoms with van der Waals surface area (Å²) >= 11 is 3.49. The Morgan fingerprint density at radius 2 is 1.69 bits per heavy atom. The van der Waals surface area contributed by atoms with Gasteiger partial charge >= 0.3 is 6.03 Å². The minimum atomic E-state index is -0.0748. The van der Waals surface area contributed by atoms with Crippen LogP contribution in [0.1, 0.15) is 29.6 Å². The zero-order chi connectivity index (χ0) is 22.5. The van der Waals surface area contributed by atoms with Crippen molar-refractivity contribution in [3.63, 3.8) is 0 Å². The predicted molar refractivity (Wildman–Crippen MR) is 132 cm³/mol. The van der Waals surface area contributed by atoms with E-state index >= 15 is 0 Å². The first-order valence-corrected chi connectivity index (χ1v) is 11.8. The Bertz CT molecular complexity index is 1080. The van der Waals surface area contributed by atoms with Crippen LogP contribution in [0.25, 0.3) is 0 Å². The number of benzene rings is 2. The number of amides is 2. The maximum absolute atomic E-state index is 12.8. The van der Waals surface area contributed by atoms with Crippen molar-refractivity contribution in [1.29, 1.82) is 0 Å². The SMILES string of the molecule is CCc1nc(C)nc(N2CCN(C(=O)Nc3ccccc3Br)CC2)c1Cc1ccccc1. The van der Waals surface area contributed by atoms with Crippen molar-refractivity contribution in [2.24, 2.45) is 0 Å². The molecule has 4 rings (SSSR count). The van der Waals surface area contributed by atoms with Crippen LogP contribution in [0.4, 0.5) is 16.3 Å². The fourth-order valence-corrected chi connectivity index (χ4v) is 4.43. The molecular formula is C25H28BrN5O. The molecule has 0 spiro atoms. The molecule has 1 aromatic heterocycles. The monoisotopic (exact) mass is 493 g/mol. The molecular weight excluding hydrogens is 466 g/mol. The van der Waals surface area contributed by atoms with Crippen LogP contribution in [0.2, 0.25) is 0 Å². The standard InChI is InChI=1S/C25H28BrN5O/c1-3-22-20(17-19-9-5-4-6-10-19)24(28-18(2)27-22)30-13-15-31(16-14-30)25(32)29-23-12-8-7-11-21(23)26/h4-12H,3,13-17H2,1-2H3,(H,29,32). The highest BCUT2D eigenvalue weighted by atomic mass is 79.9. The lowest BCUT2D eigenvalue weighted by Crippen LogP contribution is -2.50. The fourth-order valence-electron chi connectivity index (χ4n) is 4.05. The molecule has 166 valence electrons. The Morgan fingerprint density at radius 3 is 2.38 bits per heavy atom. The number of para-hydroxylation sites is 1. The van der Waals surface area contributed by atoms with Crippen LogP contribution in [0, 0.1) is 6.92 Å². The fraction of sp³-hybridized carbons (Fsp3) is 0.320. The Labute approximate surface area is 197 Å². The van der Waals surface area contributed by atoms with E-state index in [1.54, 1.807) is 0 Å². The van der Waals surface area contributed by atoms with Gasteiger partial charge in [-0.25, -0.2) is 14.8 Å². The molecule has 2 heterocycles. The van der Waals surface area contributed by atoms with Gasteiger partial charge in [-0.2, -0.15) is 0 Å². The Kier molecular flexibility index (Phi) is 7.05. The van der Waals surface area contributed by atoms with Gasteiger partial charge in [-0.3, -0.25) is 0 Å². The van der Waals surface area contributed by atoms with Gasteiger partial charge < -0.3 is 15.1 Å². The Balaban J connectivity index is 1.50.